The van der Waals surface area contributed by atoms with Crippen molar-refractivity contribution in [1.82, 2.24) is 115 Å². The lowest BCUT2D eigenvalue weighted by molar-refractivity contribution is -0.116. The van der Waals surface area contributed by atoms with E-state index in [9.17, 15) is 4.79 Å². The molecular weight excluding hydrogens is 1640 g/mol. The molecule has 1 fully saturated rings. The maximum Gasteiger partial charge on any atom is 0.171 e. The van der Waals surface area contributed by atoms with Crippen LogP contribution >= 0.6 is 11.3 Å². The van der Waals surface area contributed by atoms with Gasteiger partial charge in [0.25, 0.3) is 0 Å². The van der Waals surface area contributed by atoms with E-state index in [0.717, 1.165) is 23.3 Å². The number of thiophene rings is 1. The van der Waals surface area contributed by atoms with Crippen molar-refractivity contribution in [2.24, 2.45) is 21.1 Å². The molecule has 24 nitrogen and oxygen atoms in total. The molecular formula is C106H229N23OS. The number of aryl methyl sites for hydroxylation is 9. The summed E-state index contributed by atoms with van der Waals surface area (Å²) >= 11 is 1.71. The first-order valence-corrected chi connectivity index (χ1v) is 51.3. The van der Waals surface area contributed by atoms with E-state index in [1.165, 1.54) is 49.0 Å². The molecule has 1 aromatic carbocycles. The number of aromatic nitrogens is 22. The molecule has 11 aromatic rings. The summed E-state index contributed by atoms with van der Waals surface area (Å²) in [6.07, 6.45) is 33.3. The maximum absolute atomic E-state index is 9.81. The van der Waals surface area contributed by atoms with E-state index in [0.29, 0.717) is 12.2 Å². The molecule has 0 atom stereocenters. The number of nitrogens with zero attached hydrogens (tertiary/aromatic N) is 21. The van der Waals surface area contributed by atoms with Crippen molar-refractivity contribution in [2.75, 3.05) is 13.1 Å². The quantitative estimate of drug-likeness (QED) is 0.154. The number of carbonyl (C=O) groups excluding carboxylic acids is 1. The Hall–Kier alpha value is -9.49. The van der Waals surface area contributed by atoms with E-state index in [1.807, 2.05) is 482 Å². The van der Waals surface area contributed by atoms with E-state index in [-0.39, 0.29) is 5.78 Å². The molecule has 1 saturated heterocycles. The van der Waals surface area contributed by atoms with Crippen molar-refractivity contribution in [3.05, 3.63) is 230 Å². The standard InChI is InChI=1S/C7H8.C6H9N3.C5H11N.C5H5N.C4H7N3.C4H6N2.3C4H4N2.C4H8O.C4H4S.C3H6N4.C2H3N3.25C2H6/c1-7-5-3-2-4-6-7;1-4-7-5(2)9-6(3)8-4;2*1-2-4-6-5-3-1;1-4-6-5-3-7(4)2;1-6-3-2-5-4-6;1-2-6-4-3-5-1;1-2-5-4-6-3-1;1-2-4-6-5-3-1;1-3-4(2)5;1-2-4-5-3-1;1-3-4-6-7(2)5-3;1-2-4-5-3-1;25*1-2/h2-6H,1H3;1-3H3;6H,1-5H2;1-5H;3H,1-2H3;2-4H,1H3;3*1-4H;3H2,1-2H3;1-4H;1-2H3;1-2H,(H,3,4,5);25*1-2H3. The summed E-state index contributed by atoms with van der Waals surface area (Å²) < 4.78 is 3.75. The summed E-state index contributed by atoms with van der Waals surface area (Å²) in [4.78, 5) is 45.6. The fraction of sp³-hybridized carbons (Fsp3) is 0.632. The number of imidazole rings is 1. The number of hydrogen-bond donors (Lipinski definition) is 2. The van der Waals surface area contributed by atoms with Gasteiger partial charge in [0.05, 0.1) is 25.8 Å². The lowest BCUT2D eigenvalue weighted by Crippen LogP contribution is -2.21. The van der Waals surface area contributed by atoms with Crippen LogP contribution in [0.15, 0.2) is 195 Å². The third-order valence-electron chi connectivity index (χ3n) is 8.56. The Labute approximate surface area is 824 Å². The zero-order valence-electron chi connectivity index (χ0n) is 98.4. The monoisotopic (exact) mass is 1870 g/mol. The third-order valence-corrected chi connectivity index (χ3v) is 9.19. The molecule has 2 N–H and O–H groups in total. The topological polar surface area (TPSA) is 292 Å². The van der Waals surface area contributed by atoms with Crippen LogP contribution in [-0.2, 0) is 25.9 Å². The van der Waals surface area contributed by atoms with Crippen LogP contribution in [0.2, 0.25) is 0 Å². The van der Waals surface area contributed by atoms with Gasteiger partial charge in [-0.2, -0.15) is 41.7 Å². The van der Waals surface area contributed by atoms with Gasteiger partial charge in [-0.05, 0) is 121 Å². The molecule has 0 bridgehead atoms. The largest absolute Gasteiger partial charge is 0.341 e. The molecule has 0 radical (unpaired) electrons. The second-order valence-corrected chi connectivity index (χ2v) is 16.5. The van der Waals surface area contributed by atoms with E-state index >= 15 is 0 Å². The van der Waals surface area contributed by atoms with Gasteiger partial charge >= 0.3 is 0 Å². The lowest BCUT2D eigenvalue weighted by Gasteiger charge is -2.08. The number of H-pyrrole nitrogens is 1. The van der Waals surface area contributed by atoms with Crippen LogP contribution < -0.4 is 5.32 Å². The van der Waals surface area contributed by atoms with Gasteiger partial charge in [0, 0.05) is 94.9 Å². The number of benzene rings is 1. The first kappa shape index (κ1) is 193. The minimum atomic E-state index is 0.255. The highest BCUT2D eigenvalue weighted by molar-refractivity contribution is 7.07. The minimum Gasteiger partial charge on any atom is -0.341 e. The van der Waals surface area contributed by atoms with Gasteiger partial charge in [0.15, 0.2) is 5.82 Å². The van der Waals surface area contributed by atoms with Crippen molar-refractivity contribution in [2.45, 2.75) is 427 Å². The molecule has 0 spiro atoms. The van der Waals surface area contributed by atoms with Crippen LogP contribution in [-0.4, -0.2) is 129 Å². The summed E-state index contributed by atoms with van der Waals surface area (Å²) in [5.74, 6) is 4.28. The molecule has 25 heteroatoms. The molecule has 0 aliphatic carbocycles. The number of nitrogens with one attached hydrogen (secondary N) is 2. The van der Waals surface area contributed by atoms with Crippen molar-refractivity contribution in [3.8, 4) is 0 Å². The first-order valence-electron chi connectivity index (χ1n) is 50.4. The second-order valence-electron chi connectivity index (χ2n) is 15.7. The van der Waals surface area contributed by atoms with E-state index in [1.54, 1.807) is 132 Å². The number of hydrogen-bond acceptors (Lipinski definition) is 21. The average molecular weight is 1870 g/mol. The molecule has 10 aromatic heterocycles. The smallest absolute Gasteiger partial charge is 0.171 e. The number of tetrazole rings is 1. The first-order chi connectivity index (χ1) is 64.3. The Balaban J connectivity index is -0.0000000366. The lowest BCUT2D eigenvalue weighted by atomic mass is 10.2. The van der Waals surface area contributed by atoms with Crippen LogP contribution in [0.3, 0.4) is 0 Å². The van der Waals surface area contributed by atoms with Gasteiger partial charge < -0.3 is 19.2 Å². The molecule has 780 valence electrons. The van der Waals surface area contributed by atoms with Crippen molar-refractivity contribution < 1.29 is 4.79 Å². The SMILES string of the molecule is C1CCNCC1.CC.CC.CC.CC.CC.CC.CC.CC.CC.CC.CC.CC.CC.CC.CC.CC.CC.CC.CC.CC.CC.CC.CC.CC.CC.CCC(C)=O.Cc1ccccc1.Cc1nc(C)nc(C)n1.Cc1nncn1C.Cc1nnn(C)n1.Cn1ccnc1.c1ccncc1.c1ccnnc1.c1ccsc1.c1cn[nH]n1.c1cnccn1.c1cncnc1. The van der Waals surface area contributed by atoms with Gasteiger partial charge in [-0.25, -0.2) is 29.9 Å². The predicted octanol–water partition coefficient (Wildman–Crippen LogP) is 34.3. The Morgan fingerprint density at radius 3 is 0.756 bits per heavy atom. The highest BCUT2D eigenvalue weighted by Gasteiger charge is 1.94. The molecule has 0 unspecified atom stereocenters. The summed E-state index contributed by atoms with van der Waals surface area (Å²) in [6, 6.07) is 25.4. The van der Waals surface area contributed by atoms with Crippen molar-refractivity contribution in [1.29, 1.82) is 0 Å². The van der Waals surface area contributed by atoms with Gasteiger partial charge in [-0.15, -0.1) is 20.4 Å². The Morgan fingerprint density at radius 1 is 0.336 bits per heavy atom. The molecule has 1 aliphatic rings. The molecule has 11 heterocycles. The number of Topliss-reactive ketones (excluding diaryl/α,β-unsaturated/α-hetero) is 1. The Bertz CT molecular complexity index is 2510. The number of rotatable bonds is 1. The highest BCUT2D eigenvalue weighted by Crippen LogP contribution is 1.97. The summed E-state index contributed by atoms with van der Waals surface area (Å²) in [7, 11) is 5.59. The van der Waals surface area contributed by atoms with Crippen LogP contribution in [0.4, 0.5) is 0 Å². The number of ketones is 1. The molecule has 1 aliphatic heterocycles. The van der Waals surface area contributed by atoms with Crippen molar-refractivity contribution >= 4 is 17.1 Å². The van der Waals surface area contributed by atoms with E-state index < -0.39 is 0 Å². The highest BCUT2D eigenvalue weighted by atomic mass is 32.1. The van der Waals surface area contributed by atoms with Gasteiger partial charge in [-0.3, -0.25) is 15.0 Å². The van der Waals surface area contributed by atoms with E-state index in [4.69, 9.17) is 0 Å². The number of piperidine rings is 1. The minimum absolute atomic E-state index is 0.255. The third kappa shape index (κ3) is 275. The summed E-state index contributed by atoms with van der Waals surface area (Å²) in [5, 5.41) is 42.1. The van der Waals surface area contributed by atoms with Gasteiger partial charge in [0.1, 0.15) is 41.7 Å². The molecule has 0 saturated carbocycles. The zero-order valence-corrected chi connectivity index (χ0v) is 99.2. The van der Waals surface area contributed by atoms with Crippen LogP contribution in [0, 0.1) is 41.5 Å². The second kappa shape index (κ2) is 272. The average Bonchev–Trinajstić information content (AvgIpc) is 1.91. The molecule has 12 rings (SSSR count). The maximum atomic E-state index is 9.81. The fourth-order valence-electron chi connectivity index (χ4n) is 4.63. The Kier molecular flexibility index (Phi) is 402. The summed E-state index contributed by atoms with van der Waals surface area (Å²) in [5.41, 5.74) is 1.32. The van der Waals surface area contributed by atoms with Crippen LogP contribution in [0.1, 0.15) is 420 Å². The fourth-order valence-corrected chi connectivity index (χ4v) is 5.08. The normalized spacial score (nSPS) is 7.15. The predicted molar refractivity (Wildman–Crippen MR) is 600 cm³/mol. The van der Waals surface area contributed by atoms with Crippen molar-refractivity contribution in [3.63, 3.8) is 0 Å². The number of carbonyl (C=O) groups is 1. The molecule has 131 heavy (non-hydrogen) atoms. The zero-order chi connectivity index (χ0) is 109. The number of aromatic amines is 1. The Morgan fingerprint density at radius 2 is 0.649 bits per heavy atom. The van der Waals surface area contributed by atoms with Gasteiger partial charge in [0.2, 0.25) is 0 Å². The number of pyridine rings is 1. The molecule has 0 amide bonds. The van der Waals surface area contributed by atoms with Crippen LogP contribution in [0.5, 0.6) is 0 Å². The summed E-state index contributed by atoms with van der Waals surface area (Å²) in [6.45, 7) is 117. The van der Waals surface area contributed by atoms with E-state index in [2.05, 4.69) is 120 Å². The van der Waals surface area contributed by atoms with Crippen LogP contribution in [0.25, 0.3) is 0 Å². The van der Waals surface area contributed by atoms with Gasteiger partial charge in [-0.1, -0.05) is 414 Å².